The summed E-state index contributed by atoms with van der Waals surface area (Å²) in [4.78, 5) is 25.0. The van der Waals surface area contributed by atoms with Crippen molar-refractivity contribution in [2.45, 2.75) is 18.9 Å². The highest BCUT2D eigenvalue weighted by Crippen LogP contribution is 2.36. The molecule has 2 saturated heterocycles. The Labute approximate surface area is 205 Å². The van der Waals surface area contributed by atoms with Crippen LogP contribution in [0.25, 0.3) is 0 Å². The minimum absolute atomic E-state index is 0. The zero-order valence-corrected chi connectivity index (χ0v) is 21.5. The number of thiophene rings is 1. The lowest BCUT2D eigenvalue weighted by Gasteiger charge is -2.40. The Morgan fingerprint density at radius 2 is 2.16 bits per heavy atom. The van der Waals surface area contributed by atoms with Crippen molar-refractivity contribution >= 4 is 52.9 Å². The zero-order valence-electron chi connectivity index (χ0n) is 18.4. The molecule has 1 N–H and O–H groups in total. The minimum Gasteiger partial charge on any atom is -0.356 e. The number of piperazine rings is 1. The summed E-state index contributed by atoms with van der Waals surface area (Å²) in [5.41, 5.74) is 0.856. The predicted molar refractivity (Wildman–Crippen MR) is 136 cm³/mol. The van der Waals surface area contributed by atoms with Gasteiger partial charge in [0, 0.05) is 50.8 Å². The van der Waals surface area contributed by atoms with Crippen LogP contribution >= 0.6 is 35.3 Å². The second-order valence-electron chi connectivity index (χ2n) is 8.11. The molecule has 2 atom stereocenters. The Bertz CT molecular complexity index is 884. The number of likely N-dealkylation sites (tertiary alicyclic amines) is 1. The Kier molecular flexibility index (Phi) is 8.34. The van der Waals surface area contributed by atoms with Crippen LogP contribution in [0.2, 0.25) is 0 Å². The number of carbonyl (C=O) groups excluding carboxylic acids is 1. The van der Waals surface area contributed by atoms with Gasteiger partial charge in [0.15, 0.2) is 5.96 Å². The molecular weight excluding hydrogens is 525 g/mol. The molecule has 0 aliphatic carbocycles. The lowest BCUT2D eigenvalue weighted by atomic mass is 9.88. The van der Waals surface area contributed by atoms with E-state index in [2.05, 4.69) is 49.8 Å². The van der Waals surface area contributed by atoms with Crippen LogP contribution in [0.15, 0.2) is 34.9 Å². The van der Waals surface area contributed by atoms with E-state index in [1.165, 1.54) is 17.7 Å². The quantitative estimate of drug-likeness (QED) is 0.356. The molecule has 2 unspecified atom stereocenters. The average molecular weight is 558 g/mol. The van der Waals surface area contributed by atoms with Gasteiger partial charge in [0.1, 0.15) is 6.54 Å². The molecule has 4 heterocycles. The zero-order chi connectivity index (χ0) is 21.1. The van der Waals surface area contributed by atoms with Gasteiger partial charge in [-0.2, -0.15) is 5.10 Å². The molecule has 2 aromatic heterocycles. The molecule has 2 aliphatic rings. The summed E-state index contributed by atoms with van der Waals surface area (Å²) in [5.74, 6) is 1.41. The molecule has 8 nitrogen and oxygen atoms in total. The second-order valence-corrected chi connectivity index (χ2v) is 9.09. The van der Waals surface area contributed by atoms with Crippen molar-refractivity contribution in [2.24, 2.45) is 18.0 Å². The first-order chi connectivity index (χ1) is 14.6. The molecule has 31 heavy (non-hydrogen) atoms. The van der Waals surface area contributed by atoms with Crippen molar-refractivity contribution in [3.05, 3.63) is 34.8 Å². The number of nitrogens with zero attached hydrogens (tertiary/aromatic N) is 6. The summed E-state index contributed by atoms with van der Waals surface area (Å²) in [5, 5.41) is 9.91. The number of carbonyl (C=O) groups is 1. The van der Waals surface area contributed by atoms with Gasteiger partial charge in [-0.3, -0.25) is 19.4 Å². The van der Waals surface area contributed by atoms with Crippen LogP contribution in [-0.4, -0.2) is 78.3 Å². The highest BCUT2D eigenvalue weighted by atomic mass is 127. The third kappa shape index (κ3) is 5.40. The van der Waals surface area contributed by atoms with Crippen LogP contribution in [-0.2, 0) is 11.8 Å². The third-order valence-corrected chi connectivity index (χ3v) is 7.04. The van der Waals surface area contributed by atoms with Crippen LogP contribution in [0.1, 0.15) is 23.8 Å². The van der Waals surface area contributed by atoms with E-state index in [0.29, 0.717) is 25.0 Å². The molecule has 0 saturated carbocycles. The largest absolute Gasteiger partial charge is 0.356 e. The maximum Gasteiger partial charge on any atom is 0.246 e. The van der Waals surface area contributed by atoms with Crippen molar-refractivity contribution in [3.8, 4) is 0 Å². The number of aromatic nitrogens is 2. The lowest BCUT2D eigenvalue weighted by Crippen LogP contribution is -2.56. The molecule has 10 heteroatoms. The number of aliphatic imine (C=N–C) groups is 1. The molecule has 0 spiro atoms. The lowest BCUT2D eigenvalue weighted by molar-refractivity contribution is -0.120. The summed E-state index contributed by atoms with van der Waals surface area (Å²) in [6.45, 7) is 3.71. The topological polar surface area (TPSA) is 69.0 Å². The van der Waals surface area contributed by atoms with Gasteiger partial charge in [0.2, 0.25) is 5.91 Å². The Balaban J connectivity index is 0.00000272. The van der Waals surface area contributed by atoms with Gasteiger partial charge in [-0.15, -0.1) is 35.3 Å². The number of amides is 1. The molecule has 1 amide bonds. The van der Waals surface area contributed by atoms with E-state index in [4.69, 9.17) is 0 Å². The number of guanidine groups is 1. The number of hydrogen-bond acceptors (Lipinski definition) is 5. The second kappa shape index (κ2) is 10.8. The van der Waals surface area contributed by atoms with E-state index in [0.717, 1.165) is 31.3 Å². The SMILES string of the molecule is CN=C(NCC1CCCN(C)C1c1cccs1)N1CCN(c2cnn(C)c2)C(=O)C1.I. The van der Waals surface area contributed by atoms with Gasteiger partial charge < -0.3 is 15.1 Å². The third-order valence-electron chi connectivity index (χ3n) is 6.10. The van der Waals surface area contributed by atoms with E-state index >= 15 is 0 Å². The van der Waals surface area contributed by atoms with Crippen molar-refractivity contribution in [1.29, 1.82) is 0 Å². The molecular formula is C21H32IN7OS. The number of piperidine rings is 1. The van der Waals surface area contributed by atoms with E-state index in [1.807, 2.05) is 24.6 Å². The Morgan fingerprint density at radius 3 is 2.81 bits per heavy atom. The van der Waals surface area contributed by atoms with Crippen LogP contribution in [0, 0.1) is 5.92 Å². The standard InChI is InChI=1S/C21H31N7OS.HI/c1-22-21(27-9-10-28(19(29)15-27)17-13-24-26(3)14-17)23-12-16-6-4-8-25(2)20(16)18-7-5-11-30-18;/h5,7,11,13-14,16,20H,4,6,8-10,12,15H2,1-3H3,(H,22,23);1H. The normalized spacial score (nSPS) is 23.1. The van der Waals surface area contributed by atoms with Crippen LogP contribution in [0.5, 0.6) is 0 Å². The van der Waals surface area contributed by atoms with Gasteiger partial charge in [-0.05, 0) is 43.8 Å². The number of nitrogens with one attached hydrogen (secondary N) is 1. The average Bonchev–Trinajstić information content (AvgIpc) is 3.40. The molecule has 0 radical (unpaired) electrons. The first-order valence-corrected chi connectivity index (χ1v) is 11.4. The molecule has 2 aliphatic heterocycles. The smallest absolute Gasteiger partial charge is 0.246 e. The fourth-order valence-corrected chi connectivity index (χ4v) is 5.60. The molecule has 2 fully saturated rings. The summed E-state index contributed by atoms with van der Waals surface area (Å²) in [7, 11) is 5.88. The minimum atomic E-state index is 0. The summed E-state index contributed by atoms with van der Waals surface area (Å²) < 4.78 is 1.72. The number of anilines is 1. The van der Waals surface area contributed by atoms with Crippen LogP contribution in [0.3, 0.4) is 0 Å². The number of hydrogen-bond donors (Lipinski definition) is 1. The fourth-order valence-electron chi connectivity index (χ4n) is 4.61. The first kappa shape index (κ1) is 24.0. The molecule has 2 aromatic rings. The van der Waals surface area contributed by atoms with Gasteiger partial charge in [-0.25, -0.2) is 0 Å². The Morgan fingerprint density at radius 1 is 1.32 bits per heavy atom. The van der Waals surface area contributed by atoms with Gasteiger partial charge in [-0.1, -0.05) is 6.07 Å². The molecule has 4 rings (SSSR count). The summed E-state index contributed by atoms with van der Waals surface area (Å²) in [6, 6.07) is 4.82. The Hall–Kier alpha value is -1.66. The van der Waals surface area contributed by atoms with Crippen molar-refractivity contribution in [2.75, 3.05) is 51.7 Å². The van der Waals surface area contributed by atoms with E-state index in [1.54, 1.807) is 22.8 Å². The van der Waals surface area contributed by atoms with Crippen molar-refractivity contribution in [1.82, 2.24) is 24.9 Å². The molecule has 170 valence electrons. The predicted octanol–water partition coefficient (Wildman–Crippen LogP) is 2.41. The molecule has 0 bridgehead atoms. The fraction of sp³-hybridized carbons (Fsp3) is 0.571. The number of aryl methyl sites for hydroxylation is 1. The van der Waals surface area contributed by atoms with Gasteiger partial charge >= 0.3 is 0 Å². The van der Waals surface area contributed by atoms with Crippen LogP contribution < -0.4 is 10.2 Å². The molecule has 0 aromatic carbocycles. The van der Waals surface area contributed by atoms with E-state index < -0.39 is 0 Å². The van der Waals surface area contributed by atoms with Gasteiger partial charge in [0.05, 0.1) is 11.9 Å². The highest BCUT2D eigenvalue weighted by molar-refractivity contribution is 14.0. The van der Waals surface area contributed by atoms with E-state index in [-0.39, 0.29) is 29.9 Å². The van der Waals surface area contributed by atoms with E-state index in [9.17, 15) is 4.79 Å². The summed E-state index contributed by atoms with van der Waals surface area (Å²) >= 11 is 1.84. The maximum absolute atomic E-state index is 12.8. The highest BCUT2D eigenvalue weighted by Gasteiger charge is 2.32. The monoisotopic (exact) mass is 557 g/mol. The van der Waals surface area contributed by atoms with Gasteiger partial charge in [0.25, 0.3) is 0 Å². The van der Waals surface area contributed by atoms with Crippen LogP contribution in [0.4, 0.5) is 5.69 Å². The van der Waals surface area contributed by atoms with Crippen molar-refractivity contribution < 1.29 is 4.79 Å². The number of halogens is 1. The first-order valence-electron chi connectivity index (χ1n) is 10.5. The maximum atomic E-state index is 12.8. The summed E-state index contributed by atoms with van der Waals surface area (Å²) in [6.07, 6.45) is 6.03. The number of rotatable bonds is 4. The van der Waals surface area contributed by atoms with Crippen molar-refractivity contribution in [3.63, 3.8) is 0 Å².